The summed E-state index contributed by atoms with van der Waals surface area (Å²) in [5.41, 5.74) is 3.42. The molecule has 4 rings (SSSR count). The maximum Gasteiger partial charge on any atom is 0.170 e. The van der Waals surface area contributed by atoms with Gasteiger partial charge in [-0.3, -0.25) is 4.98 Å². The Bertz CT molecular complexity index is 909. The van der Waals surface area contributed by atoms with E-state index in [2.05, 4.69) is 61.7 Å². The van der Waals surface area contributed by atoms with Gasteiger partial charge in [0.1, 0.15) is 0 Å². The number of aryl methyl sites for hydroxylation is 1. The second-order valence-electron chi connectivity index (χ2n) is 7.08. The van der Waals surface area contributed by atoms with Crippen molar-refractivity contribution in [3.8, 4) is 0 Å². The monoisotopic (exact) mass is 391 g/mol. The lowest BCUT2D eigenvalue weighted by atomic mass is 9.99. The number of aromatic nitrogens is 2. The SMILES string of the molecule is Cn1ccc([C@H]2[C@@H](c3ccccn3)NC(=S)N2CCCNc2ccccc2)c1. The Kier molecular flexibility index (Phi) is 5.58. The van der Waals surface area contributed by atoms with E-state index in [0.29, 0.717) is 0 Å². The molecular formula is C22H25N5S. The number of hydrogen-bond donors (Lipinski definition) is 2. The Hall–Kier alpha value is -2.86. The van der Waals surface area contributed by atoms with Crippen LogP contribution in [0.2, 0.25) is 0 Å². The van der Waals surface area contributed by atoms with E-state index in [1.165, 1.54) is 5.56 Å². The van der Waals surface area contributed by atoms with Crippen LogP contribution in [0.1, 0.15) is 29.8 Å². The van der Waals surface area contributed by atoms with Crippen molar-refractivity contribution in [1.29, 1.82) is 0 Å². The fourth-order valence-corrected chi connectivity index (χ4v) is 4.08. The van der Waals surface area contributed by atoms with E-state index in [0.717, 1.165) is 36.0 Å². The normalized spacial score (nSPS) is 18.9. The number of nitrogens with one attached hydrogen (secondary N) is 2. The van der Waals surface area contributed by atoms with Crippen LogP contribution in [0.5, 0.6) is 0 Å². The minimum atomic E-state index is 0.0539. The third-order valence-corrected chi connectivity index (χ3v) is 5.43. The molecular weight excluding hydrogens is 366 g/mol. The molecule has 2 atom stereocenters. The first-order valence-electron chi connectivity index (χ1n) is 9.61. The highest BCUT2D eigenvalue weighted by Crippen LogP contribution is 2.38. The fraction of sp³-hybridized carbons (Fsp3) is 0.273. The highest BCUT2D eigenvalue weighted by molar-refractivity contribution is 7.80. The van der Waals surface area contributed by atoms with Gasteiger partial charge in [-0.25, -0.2) is 0 Å². The van der Waals surface area contributed by atoms with Crippen molar-refractivity contribution < 1.29 is 0 Å². The molecule has 0 aliphatic carbocycles. The minimum absolute atomic E-state index is 0.0539. The van der Waals surface area contributed by atoms with Gasteiger partial charge in [0.2, 0.25) is 0 Å². The first-order chi connectivity index (χ1) is 13.7. The molecule has 0 spiro atoms. The molecule has 1 aliphatic rings. The van der Waals surface area contributed by atoms with Gasteiger partial charge < -0.3 is 20.1 Å². The Balaban J connectivity index is 1.48. The van der Waals surface area contributed by atoms with Gasteiger partial charge in [-0.15, -0.1) is 0 Å². The number of rotatable bonds is 7. The van der Waals surface area contributed by atoms with Crippen molar-refractivity contribution in [2.45, 2.75) is 18.5 Å². The molecule has 0 amide bonds. The van der Waals surface area contributed by atoms with Gasteiger partial charge in [0.05, 0.1) is 17.8 Å². The molecule has 5 nitrogen and oxygen atoms in total. The topological polar surface area (TPSA) is 45.1 Å². The van der Waals surface area contributed by atoms with Crippen LogP contribution < -0.4 is 10.6 Å². The summed E-state index contributed by atoms with van der Waals surface area (Å²) in [6, 6.07) is 18.7. The van der Waals surface area contributed by atoms with Gasteiger partial charge in [0.25, 0.3) is 0 Å². The Morgan fingerprint density at radius 2 is 1.93 bits per heavy atom. The zero-order chi connectivity index (χ0) is 19.3. The number of para-hydroxylation sites is 1. The second-order valence-corrected chi connectivity index (χ2v) is 7.46. The van der Waals surface area contributed by atoms with Gasteiger partial charge >= 0.3 is 0 Å². The molecule has 3 aromatic rings. The molecule has 1 fully saturated rings. The van der Waals surface area contributed by atoms with Crippen molar-refractivity contribution in [1.82, 2.24) is 19.8 Å². The quantitative estimate of drug-likeness (QED) is 0.473. The highest BCUT2D eigenvalue weighted by atomic mass is 32.1. The third kappa shape index (κ3) is 4.02. The number of anilines is 1. The van der Waals surface area contributed by atoms with E-state index in [4.69, 9.17) is 12.2 Å². The van der Waals surface area contributed by atoms with Crippen LogP contribution in [0.25, 0.3) is 0 Å². The molecule has 3 heterocycles. The van der Waals surface area contributed by atoms with Gasteiger partial charge in [-0.2, -0.15) is 0 Å². The van der Waals surface area contributed by atoms with E-state index in [1.54, 1.807) is 0 Å². The van der Waals surface area contributed by atoms with E-state index < -0.39 is 0 Å². The predicted molar refractivity (Wildman–Crippen MR) is 117 cm³/mol. The Labute approximate surface area is 171 Å². The van der Waals surface area contributed by atoms with Gasteiger partial charge in [-0.1, -0.05) is 24.3 Å². The average Bonchev–Trinajstić information content (AvgIpc) is 3.29. The summed E-state index contributed by atoms with van der Waals surface area (Å²) in [5, 5.41) is 7.78. The summed E-state index contributed by atoms with van der Waals surface area (Å²) in [7, 11) is 2.05. The number of pyridine rings is 1. The molecule has 28 heavy (non-hydrogen) atoms. The summed E-state index contributed by atoms with van der Waals surface area (Å²) in [5.74, 6) is 0. The molecule has 144 valence electrons. The van der Waals surface area contributed by atoms with E-state index >= 15 is 0 Å². The number of thiocarbonyl (C=S) groups is 1. The van der Waals surface area contributed by atoms with E-state index in [9.17, 15) is 0 Å². The van der Waals surface area contributed by atoms with Crippen LogP contribution in [0.3, 0.4) is 0 Å². The number of hydrogen-bond acceptors (Lipinski definition) is 3. The second kappa shape index (κ2) is 8.44. The molecule has 0 bridgehead atoms. The highest BCUT2D eigenvalue weighted by Gasteiger charge is 2.39. The van der Waals surface area contributed by atoms with Crippen molar-refractivity contribution in [3.63, 3.8) is 0 Å². The maximum absolute atomic E-state index is 5.70. The fourth-order valence-electron chi connectivity index (χ4n) is 3.75. The van der Waals surface area contributed by atoms with Gasteiger partial charge in [0.15, 0.2) is 5.11 Å². The molecule has 2 aromatic heterocycles. The van der Waals surface area contributed by atoms with Crippen LogP contribution in [0.15, 0.2) is 73.2 Å². The lowest BCUT2D eigenvalue weighted by Gasteiger charge is -2.27. The first-order valence-corrected chi connectivity index (χ1v) is 10.0. The maximum atomic E-state index is 5.70. The molecule has 2 N–H and O–H groups in total. The van der Waals surface area contributed by atoms with Crippen LogP contribution >= 0.6 is 12.2 Å². The molecule has 6 heteroatoms. The Morgan fingerprint density at radius 3 is 2.64 bits per heavy atom. The molecule has 1 aromatic carbocycles. The largest absolute Gasteiger partial charge is 0.385 e. The summed E-state index contributed by atoms with van der Waals surface area (Å²) in [6.07, 6.45) is 7.09. The first kappa shape index (κ1) is 18.5. The third-order valence-electron chi connectivity index (χ3n) is 5.07. The van der Waals surface area contributed by atoms with Crippen LogP contribution in [0, 0.1) is 0 Å². The average molecular weight is 392 g/mol. The van der Waals surface area contributed by atoms with Crippen molar-refractivity contribution >= 4 is 23.0 Å². The number of benzene rings is 1. The molecule has 0 radical (unpaired) electrons. The van der Waals surface area contributed by atoms with Crippen LogP contribution in [-0.2, 0) is 7.05 Å². The van der Waals surface area contributed by atoms with Crippen LogP contribution in [-0.4, -0.2) is 32.7 Å². The van der Waals surface area contributed by atoms with Crippen molar-refractivity contribution in [2.75, 3.05) is 18.4 Å². The number of nitrogens with zero attached hydrogens (tertiary/aromatic N) is 3. The summed E-state index contributed by atoms with van der Waals surface area (Å²) in [4.78, 5) is 6.88. The zero-order valence-corrected chi connectivity index (χ0v) is 16.8. The van der Waals surface area contributed by atoms with E-state index in [1.807, 2.05) is 43.6 Å². The minimum Gasteiger partial charge on any atom is -0.385 e. The Morgan fingerprint density at radius 1 is 1.11 bits per heavy atom. The van der Waals surface area contributed by atoms with Gasteiger partial charge in [-0.05, 0) is 54.5 Å². The lowest BCUT2D eigenvalue weighted by Crippen LogP contribution is -2.31. The lowest BCUT2D eigenvalue weighted by molar-refractivity contribution is 0.316. The van der Waals surface area contributed by atoms with Crippen molar-refractivity contribution in [2.24, 2.45) is 7.05 Å². The zero-order valence-electron chi connectivity index (χ0n) is 16.0. The molecule has 0 unspecified atom stereocenters. The molecule has 1 aliphatic heterocycles. The van der Waals surface area contributed by atoms with Gasteiger partial charge in [0, 0.05) is 44.4 Å². The molecule has 1 saturated heterocycles. The van der Waals surface area contributed by atoms with Crippen LogP contribution in [0.4, 0.5) is 5.69 Å². The summed E-state index contributed by atoms with van der Waals surface area (Å²) >= 11 is 5.70. The molecule has 0 saturated carbocycles. The summed E-state index contributed by atoms with van der Waals surface area (Å²) < 4.78 is 2.08. The smallest absolute Gasteiger partial charge is 0.170 e. The van der Waals surface area contributed by atoms with Crippen molar-refractivity contribution in [3.05, 3.63) is 84.4 Å². The predicted octanol–water partition coefficient (Wildman–Crippen LogP) is 3.89. The standard InChI is InChI=1S/C22H25N5S/c1-26-15-11-17(16-26)21-20(19-10-5-6-12-24-19)25-22(28)27(21)14-7-13-23-18-8-3-2-4-9-18/h2-6,8-12,15-16,20-21,23H,7,13-14H2,1H3,(H,25,28)/t20-,21+/m1/s1. The van der Waals surface area contributed by atoms with E-state index in [-0.39, 0.29) is 12.1 Å². The summed E-state index contributed by atoms with van der Waals surface area (Å²) in [6.45, 7) is 1.79.